The highest BCUT2D eigenvalue weighted by Crippen LogP contribution is 2.49. The second kappa shape index (κ2) is 28.1. The zero-order valence-electron chi connectivity index (χ0n) is 27.7. The van der Waals surface area contributed by atoms with Gasteiger partial charge < -0.3 is 9.05 Å². The number of hydrogen-bond acceptors (Lipinski definition) is 3. The van der Waals surface area contributed by atoms with Crippen molar-refractivity contribution in [1.29, 1.82) is 0 Å². The van der Waals surface area contributed by atoms with Crippen LogP contribution in [0.15, 0.2) is 24.5 Å². The van der Waals surface area contributed by atoms with E-state index in [0.717, 1.165) is 32.1 Å². The number of aromatic nitrogens is 1. The van der Waals surface area contributed by atoms with Gasteiger partial charge in [-0.3, -0.25) is 4.57 Å². The molecule has 5 heteroatoms. The zero-order valence-corrected chi connectivity index (χ0v) is 28.6. The maximum absolute atomic E-state index is 13.6. The summed E-state index contributed by atoms with van der Waals surface area (Å²) >= 11 is 0. The monoisotopic (exact) mass is 595 g/mol. The van der Waals surface area contributed by atoms with Crippen molar-refractivity contribution in [3.8, 4) is 0 Å². The smallest absolute Gasteiger partial charge is 0.309 e. The lowest BCUT2D eigenvalue weighted by molar-refractivity contribution is -0.671. The molecule has 1 rings (SSSR count). The highest BCUT2D eigenvalue weighted by molar-refractivity contribution is 7.53. The fourth-order valence-electron chi connectivity index (χ4n) is 5.42. The van der Waals surface area contributed by atoms with Crippen molar-refractivity contribution >= 4 is 7.60 Å². The lowest BCUT2D eigenvalue weighted by Crippen LogP contribution is -2.26. The molecule has 0 saturated heterocycles. The van der Waals surface area contributed by atoms with Gasteiger partial charge in [0, 0.05) is 12.1 Å². The highest BCUT2D eigenvalue weighted by atomic mass is 31.2. The Morgan fingerprint density at radius 1 is 0.537 bits per heavy atom. The molecular weight excluding hydrogens is 525 g/mol. The van der Waals surface area contributed by atoms with E-state index in [1.165, 1.54) is 134 Å². The molecule has 0 bridgehead atoms. The molecular formula is C36H69NO3P+. The SMILES string of the molecule is CCCCCCCCCCCCCCOP(=O)(CCc1cc[n+](C)cc1)OCCCCCCCCCCCCCC. The van der Waals surface area contributed by atoms with Gasteiger partial charge >= 0.3 is 7.60 Å². The Bertz CT molecular complexity index is 690. The van der Waals surface area contributed by atoms with E-state index in [2.05, 4.69) is 26.0 Å². The summed E-state index contributed by atoms with van der Waals surface area (Å²) in [7, 11) is -1.05. The lowest BCUT2D eigenvalue weighted by Gasteiger charge is -2.19. The minimum absolute atomic E-state index is 0.469. The summed E-state index contributed by atoms with van der Waals surface area (Å²) in [5.41, 5.74) is 1.19. The van der Waals surface area contributed by atoms with Crippen molar-refractivity contribution in [2.24, 2.45) is 7.05 Å². The molecule has 0 aliphatic rings. The molecule has 0 N–H and O–H groups in total. The van der Waals surface area contributed by atoms with Crippen LogP contribution >= 0.6 is 7.60 Å². The summed E-state index contributed by atoms with van der Waals surface area (Å²) in [4.78, 5) is 0. The van der Waals surface area contributed by atoms with Gasteiger partial charge in [-0.1, -0.05) is 155 Å². The maximum Gasteiger partial charge on any atom is 0.331 e. The Morgan fingerprint density at radius 2 is 0.854 bits per heavy atom. The molecule has 240 valence electrons. The summed E-state index contributed by atoms with van der Waals surface area (Å²) in [5.74, 6) is 0. The molecule has 1 heterocycles. The molecule has 0 radical (unpaired) electrons. The molecule has 0 atom stereocenters. The van der Waals surface area contributed by atoms with Gasteiger partial charge in [-0.25, -0.2) is 4.57 Å². The van der Waals surface area contributed by atoms with Crippen molar-refractivity contribution in [3.63, 3.8) is 0 Å². The molecule has 41 heavy (non-hydrogen) atoms. The molecule has 0 fully saturated rings. The molecule has 0 aliphatic heterocycles. The van der Waals surface area contributed by atoms with Crippen LogP contribution in [0.25, 0.3) is 0 Å². The van der Waals surface area contributed by atoms with E-state index >= 15 is 0 Å². The third-order valence-corrected chi connectivity index (χ3v) is 10.2. The van der Waals surface area contributed by atoms with E-state index in [0.29, 0.717) is 19.4 Å². The van der Waals surface area contributed by atoms with Crippen LogP contribution in [0.2, 0.25) is 0 Å². The van der Waals surface area contributed by atoms with Crippen molar-refractivity contribution in [2.75, 3.05) is 19.4 Å². The first kappa shape index (κ1) is 38.3. The second-order valence-corrected chi connectivity index (χ2v) is 14.6. The summed E-state index contributed by atoms with van der Waals surface area (Å²) in [6.45, 7) is 5.66. The Labute approximate surface area is 256 Å². The van der Waals surface area contributed by atoms with E-state index in [-0.39, 0.29) is 0 Å². The van der Waals surface area contributed by atoms with Crippen LogP contribution in [0.5, 0.6) is 0 Å². The van der Waals surface area contributed by atoms with E-state index in [4.69, 9.17) is 9.05 Å². The summed E-state index contributed by atoms with van der Waals surface area (Å²) < 4.78 is 27.6. The van der Waals surface area contributed by atoms with Crippen LogP contribution in [0, 0.1) is 0 Å². The normalized spacial score (nSPS) is 11.9. The van der Waals surface area contributed by atoms with Crippen molar-refractivity contribution in [3.05, 3.63) is 30.1 Å². The van der Waals surface area contributed by atoms with E-state index in [1.54, 1.807) is 0 Å². The third-order valence-electron chi connectivity index (χ3n) is 8.29. The van der Waals surface area contributed by atoms with Crippen LogP contribution in [0.1, 0.15) is 174 Å². The van der Waals surface area contributed by atoms with E-state index in [9.17, 15) is 4.57 Å². The Hall–Kier alpha value is -0.700. The van der Waals surface area contributed by atoms with Crippen LogP contribution < -0.4 is 4.57 Å². The third kappa shape index (κ3) is 24.4. The quantitative estimate of drug-likeness (QED) is 0.0487. The van der Waals surface area contributed by atoms with Gasteiger partial charge in [-0.05, 0) is 24.8 Å². The van der Waals surface area contributed by atoms with Gasteiger partial charge in [-0.2, -0.15) is 0 Å². The summed E-state index contributed by atoms with van der Waals surface area (Å²) in [6, 6.07) is 4.20. The first-order valence-corrected chi connectivity index (χ1v) is 19.6. The number of nitrogens with zero attached hydrogens (tertiary/aromatic N) is 1. The molecule has 0 unspecified atom stereocenters. The minimum atomic E-state index is -3.07. The number of aryl methyl sites for hydroxylation is 2. The Kier molecular flexibility index (Phi) is 26.3. The second-order valence-electron chi connectivity index (χ2n) is 12.4. The average molecular weight is 595 g/mol. The molecule has 0 amide bonds. The number of hydrogen-bond donors (Lipinski definition) is 0. The molecule has 0 spiro atoms. The maximum atomic E-state index is 13.6. The number of unbranched alkanes of at least 4 members (excludes halogenated alkanes) is 22. The van der Waals surface area contributed by atoms with Gasteiger partial charge in [0.25, 0.3) is 0 Å². The minimum Gasteiger partial charge on any atom is -0.309 e. The molecule has 0 saturated carbocycles. The van der Waals surface area contributed by atoms with Gasteiger partial charge in [-0.15, -0.1) is 0 Å². The predicted octanol–water partition coefficient (Wildman–Crippen LogP) is 11.7. The molecule has 0 aromatic carbocycles. The van der Waals surface area contributed by atoms with Gasteiger partial charge in [0.2, 0.25) is 0 Å². The summed E-state index contributed by atoms with van der Waals surface area (Å²) in [6.07, 6.45) is 36.8. The Morgan fingerprint density at radius 3 is 1.20 bits per heavy atom. The lowest BCUT2D eigenvalue weighted by atomic mass is 10.1. The van der Waals surface area contributed by atoms with Crippen LogP contribution in [-0.4, -0.2) is 19.4 Å². The van der Waals surface area contributed by atoms with Crippen LogP contribution in [-0.2, 0) is 27.1 Å². The summed E-state index contributed by atoms with van der Waals surface area (Å²) in [5, 5.41) is 0. The van der Waals surface area contributed by atoms with Gasteiger partial charge in [0.1, 0.15) is 7.05 Å². The molecule has 1 aromatic rings. The molecule has 1 aromatic heterocycles. The van der Waals surface area contributed by atoms with E-state index in [1.807, 2.05) is 24.0 Å². The first-order valence-electron chi connectivity index (χ1n) is 17.9. The fourth-order valence-corrected chi connectivity index (χ4v) is 7.10. The largest absolute Gasteiger partial charge is 0.331 e. The topological polar surface area (TPSA) is 39.4 Å². The standard InChI is InChI=1S/C36H69NO3P/c1-4-6-8-10-12-14-16-18-20-22-24-26-33-39-41(38,35-30-36-28-31-37(3)32-29-36)40-34-27-25-23-21-19-17-15-13-11-9-7-5-2/h28-29,31-32H,4-27,30,33-35H2,1-3H3/q+1. The predicted molar refractivity (Wildman–Crippen MR) is 178 cm³/mol. The highest BCUT2D eigenvalue weighted by Gasteiger charge is 2.24. The zero-order chi connectivity index (χ0) is 29.7. The van der Waals surface area contributed by atoms with Crippen molar-refractivity contribution in [1.82, 2.24) is 0 Å². The fraction of sp³-hybridized carbons (Fsp3) is 0.861. The number of rotatable bonds is 31. The Balaban J connectivity index is 2.19. The first-order chi connectivity index (χ1) is 20.1. The van der Waals surface area contributed by atoms with Gasteiger partial charge in [0.15, 0.2) is 12.4 Å². The van der Waals surface area contributed by atoms with E-state index < -0.39 is 7.60 Å². The average Bonchev–Trinajstić information content (AvgIpc) is 2.98. The van der Waals surface area contributed by atoms with Crippen molar-refractivity contribution < 1.29 is 18.2 Å². The van der Waals surface area contributed by atoms with Crippen molar-refractivity contribution in [2.45, 2.75) is 174 Å². The number of pyridine rings is 1. The molecule has 0 aliphatic carbocycles. The van der Waals surface area contributed by atoms with Gasteiger partial charge in [0.05, 0.1) is 19.4 Å². The molecule has 4 nitrogen and oxygen atoms in total. The van der Waals surface area contributed by atoms with Crippen LogP contribution in [0.4, 0.5) is 0 Å². The van der Waals surface area contributed by atoms with Crippen LogP contribution in [0.3, 0.4) is 0 Å².